The summed E-state index contributed by atoms with van der Waals surface area (Å²) in [5.74, 6) is 0.689. The maximum atomic E-state index is 5.68. The molecule has 1 rings (SSSR count). The average Bonchev–Trinajstić information content (AvgIpc) is 2.09. The van der Waals surface area contributed by atoms with Crippen LogP contribution >= 0.6 is 11.6 Å². The molecule has 0 unspecified atom stereocenters. The summed E-state index contributed by atoms with van der Waals surface area (Å²) in [6.07, 6.45) is 3.81. The maximum absolute atomic E-state index is 5.68. The Hall–Kier alpha value is -0.750. The molecule has 0 bridgehead atoms. The van der Waals surface area contributed by atoms with Crippen LogP contribution in [-0.4, -0.2) is 5.88 Å². The first-order valence-electron chi connectivity index (χ1n) is 4.12. The number of hydrogen-bond acceptors (Lipinski definition) is 0. The highest BCUT2D eigenvalue weighted by atomic mass is 35.5. The SMILES string of the molecule is C=CCc1ccccc1CCCl. The average molecular weight is 181 g/mol. The summed E-state index contributed by atoms with van der Waals surface area (Å²) in [4.78, 5) is 0. The number of hydrogen-bond donors (Lipinski definition) is 0. The zero-order valence-electron chi connectivity index (χ0n) is 7.09. The standard InChI is InChI=1S/C11H13Cl/c1-2-5-10-6-3-4-7-11(10)8-9-12/h2-4,6-7H,1,5,8-9H2. The molecule has 0 aliphatic heterocycles. The number of halogens is 1. The Kier molecular flexibility index (Phi) is 3.89. The van der Waals surface area contributed by atoms with Gasteiger partial charge >= 0.3 is 0 Å². The smallest absolute Gasteiger partial charge is 0.0264 e. The summed E-state index contributed by atoms with van der Waals surface area (Å²) < 4.78 is 0. The van der Waals surface area contributed by atoms with Gasteiger partial charge in [0, 0.05) is 5.88 Å². The van der Waals surface area contributed by atoms with Crippen molar-refractivity contribution in [1.29, 1.82) is 0 Å². The lowest BCUT2D eigenvalue weighted by Crippen LogP contribution is -1.93. The third kappa shape index (κ3) is 2.38. The van der Waals surface area contributed by atoms with Crippen molar-refractivity contribution in [3.63, 3.8) is 0 Å². The molecule has 0 saturated heterocycles. The van der Waals surface area contributed by atoms with Gasteiger partial charge in [0.2, 0.25) is 0 Å². The van der Waals surface area contributed by atoms with Crippen molar-refractivity contribution in [3.8, 4) is 0 Å². The van der Waals surface area contributed by atoms with Crippen LogP contribution in [0, 0.1) is 0 Å². The Bertz CT molecular complexity index is 253. The third-order valence-electron chi connectivity index (χ3n) is 1.85. The Balaban J connectivity index is 2.83. The number of benzene rings is 1. The van der Waals surface area contributed by atoms with Crippen LogP contribution in [0.5, 0.6) is 0 Å². The van der Waals surface area contributed by atoms with Crippen molar-refractivity contribution < 1.29 is 0 Å². The second kappa shape index (κ2) is 5.00. The van der Waals surface area contributed by atoms with E-state index in [-0.39, 0.29) is 0 Å². The first kappa shape index (κ1) is 9.34. The molecule has 0 radical (unpaired) electrons. The van der Waals surface area contributed by atoms with Crippen LogP contribution < -0.4 is 0 Å². The molecule has 0 aliphatic carbocycles. The Morgan fingerprint density at radius 3 is 2.50 bits per heavy atom. The first-order valence-corrected chi connectivity index (χ1v) is 4.65. The summed E-state index contributed by atoms with van der Waals surface area (Å²) in [5.41, 5.74) is 2.68. The van der Waals surface area contributed by atoms with Crippen LogP contribution in [-0.2, 0) is 12.8 Å². The lowest BCUT2D eigenvalue weighted by Gasteiger charge is -2.04. The summed E-state index contributed by atoms with van der Waals surface area (Å²) in [5, 5.41) is 0. The van der Waals surface area contributed by atoms with Crippen molar-refractivity contribution in [2.75, 3.05) is 5.88 Å². The van der Waals surface area contributed by atoms with E-state index in [1.807, 2.05) is 6.08 Å². The van der Waals surface area contributed by atoms with Crippen LogP contribution in [0.2, 0.25) is 0 Å². The van der Waals surface area contributed by atoms with Gasteiger partial charge in [-0.3, -0.25) is 0 Å². The van der Waals surface area contributed by atoms with Crippen LogP contribution in [0.25, 0.3) is 0 Å². The monoisotopic (exact) mass is 180 g/mol. The van der Waals surface area contributed by atoms with Crippen molar-refractivity contribution in [1.82, 2.24) is 0 Å². The molecule has 0 nitrogen and oxygen atoms in total. The van der Waals surface area contributed by atoms with Crippen LogP contribution in [0.4, 0.5) is 0 Å². The fourth-order valence-electron chi connectivity index (χ4n) is 1.26. The number of aryl methyl sites for hydroxylation is 1. The Morgan fingerprint density at radius 1 is 1.25 bits per heavy atom. The normalized spacial score (nSPS) is 9.75. The van der Waals surface area contributed by atoms with Gasteiger partial charge in [-0.2, -0.15) is 0 Å². The molecule has 0 aliphatic rings. The molecule has 0 amide bonds. The molecule has 12 heavy (non-hydrogen) atoms. The summed E-state index contributed by atoms with van der Waals surface area (Å²) in [6, 6.07) is 8.36. The van der Waals surface area contributed by atoms with E-state index in [1.165, 1.54) is 11.1 Å². The largest absolute Gasteiger partial charge is 0.126 e. The van der Waals surface area contributed by atoms with Crippen LogP contribution in [0.3, 0.4) is 0 Å². The molecule has 64 valence electrons. The molecular weight excluding hydrogens is 168 g/mol. The van der Waals surface area contributed by atoms with E-state index in [2.05, 4.69) is 30.8 Å². The van der Waals surface area contributed by atoms with Crippen LogP contribution in [0.15, 0.2) is 36.9 Å². The predicted molar refractivity (Wildman–Crippen MR) is 54.8 cm³/mol. The molecule has 1 heteroatoms. The van der Waals surface area contributed by atoms with Gasteiger partial charge in [-0.1, -0.05) is 30.3 Å². The molecule has 0 aromatic heterocycles. The van der Waals surface area contributed by atoms with E-state index in [0.29, 0.717) is 5.88 Å². The highest BCUT2D eigenvalue weighted by Gasteiger charge is 1.97. The molecule has 0 spiro atoms. The Morgan fingerprint density at radius 2 is 1.92 bits per heavy atom. The first-order chi connectivity index (χ1) is 5.88. The van der Waals surface area contributed by atoms with E-state index in [0.717, 1.165) is 12.8 Å². The quantitative estimate of drug-likeness (QED) is 0.493. The minimum Gasteiger partial charge on any atom is -0.126 e. The maximum Gasteiger partial charge on any atom is 0.0264 e. The molecular formula is C11H13Cl. The fourth-order valence-corrected chi connectivity index (χ4v) is 1.46. The molecule has 0 saturated carbocycles. The fraction of sp³-hybridized carbons (Fsp3) is 0.273. The van der Waals surface area contributed by atoms with Gasteiger partial charge in [0.05, 0.1) is 0 Å². The number of allylic oxidation sites excluding steroid dienone is 1. The van der Waals surface area contributed by atoms with Crippen molar-refractivity contribution in [2.45, 2.75) is 12.8 Å². The second-order valence-electron chi connectivity index (χ2n) is 2.70. The number of alkyl halides is 1. The van der Waals surface area contributed by atoms with Gasteiger partial charge in [-0.25, -0.2) is 0 Å². The lowest BCUT2D eigenvalue weighted by molar-refractivity contribution is 1.09. The van der Waals surface area contributed by atoms with E-state index >= 15 is 0 Å². The van der Waals surface area contributed by atoms with Gasteiger partial charge < -0.3 is 0 Å². The topological polar surface area (TPSA) is 0 Å². The minimum atomic E-state index is 0.689. The number of rotatable bonds is 4. The van der Waals surface area contributed by atoms with Crippen molar-refractivity contribution >= 4 is 11.6 Å². The van der Waals surface area contributed by atoms with Gasteiger partial charge in [0.15, 0.2) is 0 Å². The zero-order chi connectivity index (χ0) is 8.81. The Labute approximate surface area is 78.9 Å². The van der Waals surface area contributed by atoms with Crippen molar-refractivity contribution in [3.05, 3.63) is 48.0 Å². The minimum absolute atomic E-state index is 0.689. The molecule has 0 heterocycles. The van der Waals surface area contributed by atoms with Crippen molar-refractivity contribution in [2.24, 2.45) is 0 Å². The van der Waals surface area contributed by atoms with Gasteiger partial charge in [0.25, 0.3) is 0 Å². The summed E-state index contributed by atoms with van der Waals surface area (Å²) in [7, 11) is 0. The van der Waals surface area contributed by atoms with Gasteiger partial charge in [0.1, 0.15) is 0 Å². The van der Waals surface area contributed by atoms with E-state index in [4.69, 9.17) is 11.6 Å². The van der Waals surface area contributed by atoms with E-state index in [9.17, 15) is 0 Å². The molecule has 0 N–H and O–H groups in total. The lowest BCUT2D eigenvalue weighted by atomic mass is 10.0. The highest BCUT2D eigenvalue weighted by molar-refractivity contribution is 6.18. The summed E-state index contributed by atoms with van der Waals surface area (Å²) >= 11 is 5.68. The second-order valence-corrected chi connectivity index (χ2v) is 3.08. The summed E-state index contributed by atoms with van der Waals surface area (Å²) in [6.45, 7) is 3.72. The third-order valence-corrected chi connectivity index (χ3v) is 2.04. The molecule has 0 atom stereocenters. The zero-order valence-corrected chi connectivity index (χ0v) is 7.85. The molecule has 1 aromatic carbocycles. The van der Waals surface area contributed by atoms with Gasteiger partial charge in [-0.05, 0) is 24.0 Å². The van der Waals surface area contributed by atoms with Crippen LogP contribution in [0.1, 0.15) is 11.1 Å². The highest BCUT2D eigenvalue weighted by Crippen LogP contribution is 2.10. The predicted octanol–water partition coefficient (Wildman–Crippen LogP) is 3.20. The van der Waals surface area contributed by atoms with E-state index < -0.39 is 0 Å². The molecule has 1 aromatic rings. The van der Waals surface area contributed by atoms with Gasteiger partial charge in [-0.15, -0.1) is 18.2 Å². The van der Waals surface area contributed by atoms with E-state index in [1.54, 1.807) is 0 Å². The molecule has 0 fully saturated rings.